The van der Waals surface area contributed by atoms with Gasteiger partial charge in [0.05, 0.1) is 11.6 Å². The molecule has 2 nitrogen and oxygen atoms in total. The lowest BCUT2D eigenvalue weighted by Gasteiger charge is -2.22. The number of hydrogen-bond acceptors (Lipinski definition) is 2. The summed E-state index contributed by atoms with van der Waals surface area (Å²) in [7, 11) is 0. The van der Waals surface area contributed by atoms with Crippen molar-refractivity contribution in [1.82, 2.24) is 5.32 Å². The average molecular weight is 245 g/mol. The Morgan fingerprint density at radius 3 is 2.17 bits per heavy atom. The Labute approximate surface area is 110 Å². The van der Waals surface area contributed by atoms with E-state index >= 15 is 0 Å². The first-order valence-corrected chi connectivity index (χ1v) is 6.36. The molecule has 1 aromatic rings. The molecule has 0 spiro atoms. The van der Waals surface area contributed by atoms with E-state index in [0.29, 0.717) is 12.5 Å². The summed E-state index contributed by atoms with van der Waals surface area (Å²) >= 11 is 0. The predicted molar refractivity (Wildman–Crippen MR) is 76.4 cm³/mol. The van der Waals surface area contributed by atoms with Gasteiger partial charge >= 0.3 is 0 Å². The molecule has 0 radical (unpaired) electrons. The summed E-state index contributed by atoms with van der Waals surface area (Å²) in [6, 6.07) is 8.08. The molecule has 0 fully saturated rings. The summed E-state index contributed by atoms with van der Waals surface area (Å²) in [4.78, 5) is 0. The summed E-state index contributed by atoms with van der Waals surface area (Å²) in [6.45, 7) is 8.60. The second-order valence-corrected chi connectivity index (χ2v) is 5.49. The molecule has 1 aromatic carbocycles. The number of hydrogen-bond donors (Lipinski definition) is 2. The molecule has 2 N–H and O–H groups in total. The average Bonchev–Trinajstić information content (AvgIpc) is 2.36. The van der Waals surface area contributed by atoms with Crippen molar-refractivity contribution in [3.63, 3.8) is 0 Å². The number of rotatable bonds is 5. The molecule has 98 valence electrons. The van der Waals surface area contributed by atoms with Crippen LogP contribution in [0, 0.1) is 12.3 Å². The summed E-state index contributed by atoms with van der Waals surface area (Å²) in [5.74, 6) is 3.16. The Hall–Kier alpha value is -1.30. The molecule has 0 aliphatic carbocycles. The van der Waals surface area contributed by atoms with Crippen LogP contribution in [0.2, 0.25) is 0 Å². The van der Waals surface area contributed by atoms with Crippen molar-refractivity contribution in [2.24, 2.45) is 0 Å². The fourth-order valence-electron chi connectivity index (χ4n) is 1.62. The van der Waals surface area contributed by atoms with Gasteiger partial charge in [-0.1, -0.05) is 44.0 Å². The molecule has 1 rings (SSSR count). The van der Waals surface area contributed by atoms with Crippen LogP contribution >= 0.6 is 0 Å². The van der Waals surface area contributed by atoms with Crippen LogP contribution in [0.25, 0.3) is 0 Å². The first-order chi connectivity index (χ1) is 8.35. The van der Waals surface area contributed by atoms with Crippen LogP contribution < -0.4 is 5.32 Å². The van der Waals surface area contributed by atoms with Crippen molar-refractivity contribution in [3.05, 3.63) is 35.4 Å². The second-order valence-electron chi connectivity index (χ2n) is 5.49. The van der Waals surface area contributed by atoms with E-state index < -0.39 is 11.6 Å². The molecule has 0 aliphatic heterocycles. The van der Waals surface area contributed by atoms with Crippen LogP contribution in [0.4, 0.5) is 0 Å². The van der Waals surface area contributed by atoms with Crippen LogP contribution in [0.5, 0.6) is 0 Å². The van der Waals surface area contributed by atoms with E-state index in [4.69, 9.17) is 6.42 Å². The molecular weight excluding hydrogens is 222 g/mol. The maximum absolute atomic E-state index is 10.1. The SMILES string of the molecule is C#CC(C)(C)NCC(O)c1ccc(C(C)C)cc1. The van der Waals surface area contributed by atoms with Gasteiger partial charge in [0, 0.05) is 6.54 Å². The molecule has 0 saturated carbocycles. The van der Waals surface area contributed by atoms with Crippen molar-refractivity contribution in [2.75, 3.05) is 6.54 Å². The first kappa shape index (κ1) is 14.8. The van der Waals surface area contributed by atoms with Gasteiger partial charge in [-0.2, -0.15) is 0 Å². The molecule has 18 heavy (non-hydrogen) atoms. The van der Waals surface area contributed by atoms with Gasteiger partial charge in [0.25, 0.3) is 0 Å². The van der Waals surface area contributed by atoms with Crippen LogP contribution in [0.15, 0.2) is 24.3 Å². The topological polar surface area (TPSA) is 32.3 Å². The van der Waals surface area contributed by atoms with Gasteiger partial charge in [0.15, 0.2) is 0 Å². The van der Waals surface area contributed by atoms with Gasteiger partial charge in [-0.15, -0.1) is 6.42 Å². The Balaban J connectivity index is 2.62. The fraction of sp³-hybridized carbons (Fsp3) is 0.500. The molecule has 0 aromatic heterocycles. The highest BCUT2D eigenvalue weighted by atomic mass is 16.3. The molecule has 1 atom stereocenters. The smallest absolute Gasteiger partial charge is 0.0914 e. The molecule has 0 amide bonds. The monoisotopic (exact) mass is 245 g/mol. The lowest BCUT2D eigenvalue weighted by Crippen LogP contribution is -2.40. The Morgan fingerprint density at radius 1 is 1.22 bits per heavy atom. The maximum Gasteiger partial charge on any atom is 0.0914 e. The van der Waals surface area contributed by atoms with E-state index in [0.717, 1.165) is 5.56 Å². The Morgan fingerprint density at radius 2 is 1.72 bits per heavy atom. The molecule has 2 heteroatoms. The number of nitrogens with one attached hydrogen (secondary N) is 1. The van der Waals surface area contributed by atoms with E-state index in [-0.39, 0.29) is 0 Å². The van der Waals surface area contributed by atoms with Crippen molar-refractivity contribution in [2.45, 2.75) is 45.3 Å². The van der Waals surface area contributed by atoms with E-state index in [1.165, 1.54) is 5.56 Å². The highest BCUT2D eigenvalue weighted by molar-refractivity contribution is 5.26. The minimum atomic E-state index is -0.529. The molecule has 0 bridgehead atoms. The zero-order chi connectivity index (χ0) is 13.8. The van der Waals surface area contributed by atoms with E-state index in [1.54, 1.807) is 0 Å². The molecule has 0 heterocycles. The number of benzene rings is 1. The van der Waals surface area contributed by atoms with E-state index in [9.17, 15) is 5.11 Å². The van der Waals surface area contributed by atoms with Crippen molar-refractivity contribution in [3.8, 4) is 12.3 Å². The zero-order valence-electron chi connectivity index (χ0n) is 11.7. The number of β-amino-alcohol motifs (C(OH)–C–C–N with tert-alkyl or cyclic N) is 1. The summed E-state index contributed by atoms with van der Waals surface area (Å²) < 4.78 is 0. The molecule has 0 saturated heterocycles. The lowest BCUT2D eigenvalue weighted by molar-refractivity contribution is 0.167. The molecule has 1 unspecified atom stereocenters. The van der Waals surface area contributed by atoms with E-state index in [1.807, 2.05) is 26.0 Å². The maximum atomic E-state index is 10.1. The third-order valence-corrected chi connectivity index (χ3v) is 3.09. The highest BCUT2D eigenvalue weighted by Gasteiger charge is 2.15. The van der Waals surface area contributed by atoms with E-state index in [2.05, 4.69) is 37.2 Å². The number of aliphatic hydroxyl groups is 1. The summed E-state index contributed by atoms with van der Waals surface area (Å²) in [5, 5.41) is 13.2. The largest absolute Gasteiger partial charge is 0.387 e. The third-order valence-electron chi connectivity index (χ3n) is 3.09. The Kier molecular flexibility index (Phi) is 4.95. The zero-order valence-corrected chi connectivity index (χ0v) is 11.7. The summed E-state index contributed by atoms with van der Waals surface area (Å²) in [6.07, 6.45) is 4.86. The van der Waals surface area contributed by atoms with Gasteiger partial charge in [-0.05, 0) is 30.9 Å². The van der Waals surface area contributed by atoms with Crippen molar-refractivity contribution >= 4 is 0 Å². The molecular formula is C16H23NO. The standard InChI is InChI=1S/C16H23NO/c1-6-16(4,5)17-11-15(18)14-9-7-13(8-10-14)12(2)3/h1,7-10,12,15,17-18H,11H2,2-5H3. The van der Waals surface area contributed by atoms with Gasteiger partial charge in [-0.25, -0.2) is 0 Å². The van der Waals surface area contributed by atoms with Crippen LogP contribution in [-0.2, 0) is 0 Å². The highest BCUT2D eigenvalue weighted by Crippen LogP contribution is 2.18. The van der Waals surface area contributed by atoms with Crippen LogP contribution in [0.3, 0.4) is 0 Å². The third kappa shape index (κ3) is 4.18. The van der Waals surface area contributed by atoms with Crippen molar-refractivity contribution in [1.29, 1.82) is 0 Å². The van der Waals surface area contributed by atoms with Gasteiger partial charge < -0.3 is 5.11 Å². The molecule has 0 aliphatic rings. The number of aliphatic hydroxyl groups excluding tert-OH is 1. The number of terminal acetylenes is 1. The van der Waals surface area contributed by atoms with Crippen molar-refractivity contribution < 1.29 is 5.11 Å². The summed E-state index contributed by atoms with van der Waals surface area (Å²) in [5.41, 5.74) is 1.81. The van der Waals surface area contributed by atoms with Gasteiger partial charge in [0.1, 0.15) is 0 Å². The first-order valence-electron chi connectivity index (χ1n) is 6.36. The normalized spacial score (nSPS) is 13.4. The quantitative estimate of drug-likeness (QED) is 0.782. The Bertz CT molecular complexity index is 412. The predicted octanol–water partition coefficient (Wildman–Crippen LogP) is 2.84. The van der Waals surface area contributed by atoms with Crippen LogP contribution in [-0.4, -0.2) is 17.2 Å². The minimum Gasteiger partial charge on any atom is -0.387 e. The van der Waals surface area contributed by atoms with Gasteiger partial charge in [0.2, 0.25) is 0 Å². The second kappa shape index (κ2) is 6.04. The lowest BCUT2D eigenvalue weighted by atomic mass is 9.99. The van der Waals surface area contributed by atoms with Crippen LogP contribution in [0.1, 0.15) is 50.8 Å². The van der Waals surface area contributed by atoms with Gasteiger partial charge in [-0.3, -0.25) is 5.32 Å². The fourth-order valence-corrected chi connectivity index (χ4v) is 1.62. The minimum absolute atomic E-state index is 0.390.